The van der Waals surface area contributed by atoms with Gasteiger partial charge in [-0.3, -0.25) is 4.90 Å². The summed E-state index contributed by atoms with van der Waals surface area (Å²) in [6.07, 6.45) is 1.60. The van der Waals surface area contributed by atoms with Crippen molar-refractivity contribution in [2.75, 3.05) is 26.8 Å². The molecule has 0 radical (unpaired) electrons. The van der Waals surface area contributed by atoms with Crippen LogP contribution in [-0.2, 0) is 13.0 Å². The van der Waals surface area contributed by atoms with Crippen molar-refractivity contribution in [3.8, 4) is 5.75 Å². The van der Waals surface area contributed by atoms with Gasteiger partial charge in [0, 0.05) is 13.1 Å². The van der Waals surface area contributed by atoms with Crippen molar-refractivity contribution in [1.82, 2.24) is 4.90 Å². The Kier molecular flexibility index (Phi) is 8.42. The number of aliphatic hydroxyl groups is 1. The molecule has 0 fully saturated rings. The molecule has 0 unspecified atom stereocenters. The molecule has 0 aliphatic rings. The van der Waals surface area contributed by atoms with Gasteiger partial charge in [0.1, 0.15) is 11.6 Å². The number of nitrogens with zero attached hydrogens (tertiary/aromatic N) is 1. The third-order valence-electron chi connectivity index (χ3n) is 5.44. The van der Waals surface area contributed by atoms with Gasteiger partial charge in [0.05, 0.1) is 13.7 Å². The Morgan fingerprint density at radius 2 is 1.63 bits per heavy atom. The molecule has 1 N–H and O–H groups in total. The molecule has 0 aliphatic heterocycles. The lowest BCUT2D eigenvalue weighted by molar-refractivity contribution is 0.185. The minimum Gasteiger partial charge on any atom is -0.496 e. The van der Waals surface area contributed by atoms with E-state index in [0.29, 0.717) is 18.7 Å². The number of methoxy groups -OCH3 is 1. The molecule has 0 spiro atoms. The largest absolute Gasteiger partial charge is 0.496 e. The van der Waals surface area contributed by atoms with Crippen molar-refractivity contribution in [3.05, 3.63) is 101 Å². The van der Waals surface area contributed by atoms with Gasteiger partial charge in [0.2, 0.25) is 0 Å². The molecular formula is C26H30FNO2. The Labute approximate surface area is 178 Å². The zero-order chi connectivity index (χ0) is 21.2. The van der Waals surface area contributed by atoms with E-state index in [2.05, 4.69) is 29.2 Å². The maximum Gasteiger partial charge on any atom is 0.123 e. The van der Waals surface area contributed by atoms with Gasteiger partial charge in [-0.2, -0.15) is 0 Å². The van der Waals surface area contributed by atoms with E-state index in [0.717, 1.165) is 25.1 Å². The fourth-order valence-corrected chi connectivity index (χ4v) is 3.88. The Bertz CT molecular complexity index is 886. The number of hydrogen-bond acceptors (Lipinski definition) is 3. The highest BCUT2D eigenvalue weighted by Crippen LogP contribution is 2.30. The SMILES string of the molecule is COc1ccc(F)cc1C[C@H](CCN(CCO)Cc1ccccc1)c1ccccc1. The van der Waals surface area contributed by atoms with E-state index < -0.39 is 0 Å². The van der Waals surface area contributed by atoms with E-state index >= 15 is 0 Å². The van der Waals surface area contributed by atoms with Crippen LogP contribution >= 0.6 is 0 Å². The number of hydrogen-bond donors (Lipinski definition) is 1. The molecule has 0 aromatic heterocycles. The number of ether oxygens (including phenoxy) is 1. The van der Waals surface area contributed by atoms with Crippen molar-refractivity contribution in [2.45, 2.75) is 25.3 Å². The van der Waals surface area contributed by atoms with Gasteiger partial charge in [-0.05, 0) is 60.2 Å². The number of benzene rings is 3. The van der Waals surface area contributed by atoms with E-state index in [1.165, 1.54) is 17.2 Å². The molecule has 0 amide bonds. The smallest absolute Gasteiger partial charge is 0.123 e. The van der Waals surface area contributed by atoms with Crippen molar-refractivity contribution in [2.24, 2.45) is 0 Å². The lowest BCUT2D eigenvalue weighted by Crippen LogP contribution is -2.29. The second-order valence-electron chi connectivity index (χ2n) is 7.54. The summed E-state index contributed by atoms with van der Waals surface area (Å²) in [5, 5.41) is 9.53. The Morgan fingerprint density at radius 3 is 2.30 bits per heavy atom. The van der Waals surface area contributed by atoms with Crippen LogP contribution in [0.25, 0.3) is 0 Å². The first-order chi connectivity index (χ1) is 14.7. The van der Waals surface area contributed by atoms with Crippen molar-refractivity contribution in [3.63, 3.8) is 0 Å². The van der Waals surface area contributed by atoms with Crippen molar-refractivity contribution < 1.29 is 14.2 Å². The summed E-state index contributed by atoms with van der Waals surface area (Å²) in [5.41, 5.74) is 3.34. The minimum atomic E-state index is -0.247. The van der Waals surface area contributed by atoms with Crippen LogP contribution in [0.2, 0.25) is 0 Å². The zero-order valence-electron chi connectivity index (χ0n) is 17.5. The van der Waals surface area contributed by atoms with Gasteiger partial charge in [0.25, 0.3) is 0 Å². The van der Waals surface area contributed by atoms with Gasteiger partial charge in [-0.1, -0.05) is 60.7 Å². The molecule has 4 heteroatoms. The highest BCUT2D eigenvalue weighted by Gasteiger charge is 2.17. The Morgan fingerprint density at radius 1 is 0.933 bits per heavy atom. The van der Waals surface area contributed by atoms with Gasteiger partial charge in [-0.25, -0.2) is 4.39 Å². The fourth-order valence-electron chi connectivity index (χ4n) is 3.88. The second-order valence-corrected chi connectivity index (χ2v) is 7.54. The topological polar surface area (TPSA) is 32.7 Å². The highest BCUT2D eigenvalue weighted by molar-refractivity contribution is 5.36. The fraction of sp³-hybridized carbons (Fsp3) is 0.308. The summed E-state index contributed by atoms with van der Waals surface area (Å²) in [6.45, 7) is 2.39. The van der Waals surface area contributed by atoms with Crippen LogP contribution in [0.15, 0.2) is 78.9 Å². The molecule has 30 heavy (non-hydrogen) atoms. The van der Waals surface area contributed by atoms with E-state index in [1.807, 2.05) is 36.4 Å². The Balaban J connectivity index is 1.76. The summed E-state index contributed by atoms with van der Waals surface area (Å²) >= 11 is 0. The third kappa shape index (κ3) is 6.41. The first-order valence-electron chi connectivity index (χ1n) is 10.4. The molecule has 3 rings (SSSR count). The average molecular weight is 408 g/mol. The molecule has 3 aromatic carbocycles. The van der Waals surface area contributed by atoms with Gasteiger partial charge >= 0.3 is 0 Å². The van der Waals surface area contributed by atoms with Crippen LogP contribution in [-0.4, -0.2) is 36.8 Å². The molecule has 1 atom stereocenters. The average Bonchev–Trinajstić information content (AvgIpc) is 2.78. The van der Waals surface area contributed by atoms with Crippen LogP contribution in [0.3, 0.4) is 0 Å². The van der Waals surface area contributed by atoms with Gasteiger partial charge in [-0.15, -0.1) is 0 Å². The molecule has 3 nitrogen and oxygen atoms in total. The lowest BCUT2D eigenvalue weighted by atomic mass is 9.88. The molecule has 3 aromatic rings. The summed E-state index contributed by atoms with van der Waals surface area (Å²) in [6, 6.07) is 25.4. The monoisotopic (exact) mass is 407 g/mol. The van der Waals surface area contributed by atoms with Gasteiger partial charge < -0.3 is 9.84 Å². The van der Waals surface area contributed by atoms with Crippen LogP contribution in [0.1, 0.15) is 29.0 Å². The third-order valence-corrected chi connectivity index (χ3v) is 5.44. The second kappa shape index (κ2) is 11.5. The summed E-state index contributed by atoms with van der Waals surface area (Å²) in [5.74, 6) is 0.691. The standard InChI is InChI=1S/C26H30FNO2/c1-30-26-13-12-25(27)19-24(26)18-23(22-10-6-3-7-11-22)14-15-28(16-17-29)20-21-8-4-2-5-9-21/h2-13,19,23,29H,14-18,20H2,1H3/t23-/m0/s1. The zero-order valence-corrected chi connectivity index (χ0v) is 17.5. The quantitative estimate of drug-likeness (QED) is 0.483. The van der Waals surface area contributed by atoms with Crippen molar-refractivity contribution >= 4 is 0 Å². The lowest BCUT2D eigenvalue weighted by Gasteiger charge is -2.25. The van der Waals surface area contributed by atoms with Gasteiger partial charge in [0.15, 0.2) is 0 Å². The highest BCUT2D eigenvalue weighted by atomic mass is 19.1. The Hall–Kier alpha value is -2.69. The molecule has 0 aliphatic carbocycles. The van der Waals surface area contributed by atoms with Crippen LogP contribution < -0.4 is 4.74 Å². The molecule has 158 valence electrons. The van der Waals surface area contributed by atoms with Crippen LogP contribution in [0, 0.1) is 5.82 Å². The number of halogens is 1. The van der Waals surface area contributed by atoms with E-state index in [1.54, 1.807) is 19.2 Å². The van der Waals surface area contributed by atoms with Crippen LogP contribution in [0.5, 0.6) is 5.75 Å². The summed E-state index contributed by atoms with van der Waals surface area (Å²) in [4.78, 5) is 2.27. The summed E-state index contributed by atoms with van der Waals surface area (Å²) < 4.78 is 19.4. The molecule has 0 bridgehead atoms. The first kappa shape index (κ1) is 22.0. The molecule has 0 saturated carbocycles. The van der Waals surface area contributed by atoms with Crippen LogP contribution in [0.4, 0.5) is 4.39 Å². The van der Waals surface area contributed by atoms with E-state index in [-0.39, 0.29) is 18.3 Å². The maximum absolute atomic E-state index is 13.9. The molecular weight excluding hydrogens is 377 g/mol. The molecule has 0 heterocycles. The molecule has 0 saturated heterocycles. The first-order valence-corrected chi connectivity index (χ1v) is 10.4. The van der Waals surface area contributed by atoms with E-state index in [4.69, 9.17) is 4.74 Å². The predicted molar refractivity (Wildman–Crippen MR) is 119 cm³/mol. The maximum atomic E-state index is 13.9. The minimum absolute atomic E-state index is 0.126. The summed E-state index contributed by atoms with van der Waals surface area (Å²) in [7, 11) is 1.62. The normalized spacial score (nSPS) is 12.1. The van der Waals surface area contributed by atoms with Crippen molar-refractivity contribution in [1.29, 1.82) is 0 Å². The number of rotatable bonds is 11. The number of aliphatic hydroxyl groups excluding tert-OH is 1. The van der Waals surface area contributed by atoms with E-state index in [9.17, 15) is 9.50 Å². The predicted octanol–water partition coefficient (Wildman–Crippen LogP) is 5.05.